The summed E-state index contributed by atoms with van der Waals surface area (Å²) in [4.78, 5) is 51.7. The second-order valence-corrected chi connectivity index (χ2v) is 14.3. The van der Waals surface area contributed by atoms with E-state index >= 15 is 0 Å². The Kier molecular flexibility index (Phi) is 14.0. The number of carboxylic acids is 1. The maximum atomic E-state index is 13.3. The number of anilines is 1. The molecule has 2 amide bonds. The lowest BCUT2D eigenvalue weighted by atomic mass is 9.84. The first-order valence-electron chi connectivity index (χ1n) is 16.3. The number of aliphatic imine (C=N–C) groups is 1. The van der Waals surface area contributed by atoms with Gasteiger partial charge in [-0.2, -0.15) is 13.5 Å². The summed E-state index contributed by atoms with van der Waals surface area (Å²) in [6, 6.07) is 6.09. The SMILES string of the molecule is CC1(C)[C@H](NC(=O)/C(=N\O[C@@H](CCCOc2ccc(C(=C/NCCCN)/C=N/CC3CNC3)cc2)C(=O)O)c2csc(N)n2)C(=O)N1OS(=O)(=O)O. The van der Waals surface area contributed by atoms with E-state index in [1.54, 1.807) is 12.1 Å². The molecule has 0 unspecified atom stereocenters. The fraction of sp³-hybridized carbons (Fsp3) is 0.484. The van der Waals surface area contributed by atoms with Gasteiger partial charge >= 0.3 is 16.4 Å². The topological polar surface area (TPSA) is 282 Å². The number of carboxylic acid groups (broad SMARTS) is 1. The first-order chi connectivity index (χ1) is 24.7. The third-order valence-electron chi connectivity index (χ3n) is 7.96. The minimum absolute atomic E-state index is 0.0462. The highest BCUT2D eigenvalue weighted by Crippen LogP contribution is 2.33. The number of carbonyl (C=O) groups excluding carboxylic acids is 2. The number of β-lactam (4-membered cyclic amide) rings is 1. The van der Waals surface area contributed by atoms with Crippen molar-refractivity contribution < 1.29 is 46.3 Å². The van der Waals surface area contributed by atoms with Crippen LogP contribution in [0.2, 0.25) is 0 Å². The normalized spacial score (nSPS) is 18.4. The lowest BCUT2D eigenvalue weighted by Crippen LogP contribution is -2.76. The number of aliphatic carboxylic acids is 1. The maximum absolute atomic E-state index is 13.3. The summed E-state index contributed by atoms with van der Waals surface area (Å²) in [7, 11) is -5.01. The molecule has 2 aromatic rings. The van der Waals surface area contributed by atoms with Gasteiger partial charge in [-0.05, 0) is 50.9 Å². The molecule has 2 atom stereocenters. The molecular formula is C31H43N9O10S2. The molecule has 21 heteroatoms. The van der Waals surface area contributed by atoms with Crippen molar-refractivity contribution in [1.82, 2.24) is 26.0 Å². The fourth-order valence-electron chi connectivity index (χ4n) is 4.92. The average Bonchev–Trinajstić information content (AvgIpc) is 3.50. The van der Waals surface area contributed by atoms with Crippen LogP contribution in [0.25, 0.3) is 5.57 Å². The number of aromatic nitrogens is 1. The van der Waals surface area contributed by atoms with Crippen LogP contribution in [-0.4, -0.2) is 115 Å². The van der Waals surface area contributed by atoms with Gasteiger partial charge in [-0.25, -0.2) is 9.78 Å². The van der Waals surface area contributed by atoms with Gasteiger partial charge in [-0.1, -0.05) is 17.3 Å². The minimum atomic E-state index is -5.01. The first-order valence-corrected chi connectivity index (χ1v) is 18.5. The van der Waals surface area contributed by atoms with Gasteiger partial charge in [0.25, 0.3) is 11.8 Å². The molecule has 3 heterocycles. The number of hydrogen-bond acceptors (Lipinski definition) is 16. The van der Waals surface area contributed by atoms with Gasteiger partial charge in [0, 0.05) is 61.9 Å². The highest BCUT2D eigenvalue weighted by Gasteiger charge is 2.58. The van der Waals surface area contributed by atoms with Crippen LogP contribution in [0, 0.1) is 5.92 Å². The lowest BCUT2D eigenvalue weighted by molar-refractivity contribution is -0.218. The summed E-state index contributed by atoms with van der Waals surface area (Å²) in [6.45, 7) is 6.89. The Morgan fingerprint density at radius 2 is 1.98 bits per heavy atom. The molecule has 2 aliphatic rings. The molecule has 2 fully saturated rings. The Balaban J connectivity index is 1.34. The molecule has 0 bridgehead atoms. The second-order valence-electron chi connectivity index (χ2n) is 12.4. The number of nitrogens with zero attached hydrogens (tertiary/aromatic N) is 4. The summed E-state index contributed by atoms with van der Waals surface area (Å²) in [5.74, 6) is -2.22. The van der Waals surface area contributed by atoms with Crippen molar-refractivity contribution in [2.45, 2.75) is 50.8 Å². The number of carbonyl (C=O) groups is 3. The fourth-order valence-corrected chi connectivity index (χ4v) is 5.92. The summed E-state index contributed by atoms with van der Waals surface area (Å²) < 4.78 is 41.3. The van der Waals surface area contributed by atoms with Crippen molar-refractivity contribution in [3.05, 3.63) is 47.1 Å². The quantitative estimate of drug-likeness (QED) is 0.0293. The lowest BCUT2D eigenvalue weighted by Gasteiger charge is -2.50. The van der Waals surface area contributed by atoms with Gasteiger partial charge in [0.2, 0.25) is 6.10 Å². The Labute approximate surface area is 304 Å². The number of hydrogen-bond donors (Lipinski definition) is 7. The number of benzene rings is 1. The van der Waals surface area contributed by atoms with Gasteiger partial charge in [0.1, 0.15) is 17.5 Å². The third-order valence-corrected chi connectivity index (χ3v) is 8.97. The number of amides is 2. The van der Waals surface area contributed by atoms with Crippen molar-refractivity contribution in [3.8, 4) is 5.75 Å². The zero-order valence-electron chi connectivity index (χ0n) is 28.6. The zero-order chi connectivity index (χ0) is 37.9. The van der Waals surface area contributed by atoms with Gasteiger partial charge in [0.05, 0.1) is 12.1 Å². The van der Waals surface area contributed by atoms with Crippen LogP contribution in [0.4, 0.5) is 5.13 Å². The van der Waals surface area contributed by atoms with E-state index in [-0.39, 0.29) is 30.3 Å². The molecular weight excluding hydrogens is 723 g/mol. The van der Waals surface area contributed by atoms with Crippen molar-refractivity contribution in [2.75, 3.05) is 45.1 Å². The number of ether oxygens (including phenoxy) is 1. The van der Waals surface area contributed by atoms with Crippen molar-refractivity contribution in [2.24, 2.45) is 21.8 Å². The molecule has 1 aromatic heterocycles. The van der Waals surface area contributed by atoms with Gasteiger partial charge in [0.15, 0.2) is 10.8 Å². The van der Waals surface area contributed by atoms with E-state index in [4.69, 9.17) is 25.6 Å². The first kappa shape index (κ1) is 40.1. The predicted octanol–water partition coefficient (Wildman–Crippen LogP) is 0.168. The van der Waals surface area contributed by atoms with Crippen LogP contribution < -0.4 is 32.2 Å². The molecule has 19 nitrogen and oxygen atoms in total. The standard InChI is InChI=1S/C31H43N9O10S2/c1-31(2)26(28(42)40(31)50-52(45,46)47)38-27(41)25(23-18-51-30(33)37-23)39-49-24(29(43)44)5-3-12-48-22-8-6-20(7-9-22)21(16-34-11-4-10-32)17-36-15-19-13-35-14-19/h6-9,16-19,24,26,34-35H,3-5,10-15,32H2,1-2H3,(H2,33,37)(H,38,41)(H,43,44)(H,45,46,47)/b21-16+,36-17+,39-25-/t24-,26+/m0/s1. The van der Waals surface area contributed by atoms with E-state index in [2.05, 4.69) is 35.4 Å². The average molecular weight is 766 g/mol. The van der Waals surface area contributed by atoms with Gasteiger partial charge in [-0.15, -0.1) is 15.6 Å². The van der Waals surface area contributed by atoms with Crippen LogP contribution in [-0.2, 0) is 33.9 Å². The number of allylic oxidation sites excluding steroid dienone is 1. The highest BCUT2D eigenvalue weighted by atomic mass is 32.3. The highest BCUT2D eigenvalue weighted by molar-refractivity contribution is 7.80. The number of hydroxylamine groups is 2. The van der Waals surface area contributed by atoms with Gasteiger partial charge in [-0.3, -0.25) is 19.1 Å². The number of nitrogens with two attached hydrogens (primary N) is 2. The number of rotatable bonds is 21. The molecule has 2 saturated heterocycles. The van der Waals surface area contributed by atoms with Crippen molar-refractivity contribution in [1.29, 1.82) is 0 Å². The molecule has 1 aromatic carbocycles. The van der Waals surface area contributed by atoms with E-state index in [0.717, 1.165) is 55.1 Å². The zero-order valence-corrected chi connectivity index (χ0v) is 30.2. The molecule has 0 aliphatic carbocycles. The molecule has 284 valence electrons. The Morgan fingerprint density at radius 1 is 1.25 bits per heavy atom. The van der Waals surface area contributed by atoms with Crippen LogP contribution >= 0.6 is 11.3 Å². The van der Waals surface area contributed by atoms with Gasteiger partial charge < -0.3 is 42.1 Å². The largest absolute Gasteiger partial charge is 0.494 e. The van der Waals surface area contributed by atoms with Crippen LogP contribution in [0.5, 0.6) is 5.75 Å². The predicted molar refractivity (Wildman–Crippen MR) is 192 cm³/mol. The second kappa shape index (κ2) is 18.2. The van der Waals surface area contributed by atoms with Crippen LogP contribution in [0.3, 0.4) is 0 Å². The minimum Gasteiger partial charge on any atom is -0.494 e. The smallest absolute Gasteiger partial charge is 0.418 e. The number of oxime groups is 1. The van der Waals surface area contributed by atoms with E-state index < -0.39 is 51.6 Å². The molecule has 4 rings (SSSR count). The molecule has 2 aliphatic heterocycles. The Hall–Kier alpha value is -4.67. The number of nitrogen functional groups attached to an aromatic ring is 1. The van der Waals surface area contributed by atoms with E-state index in [1.165, 1.54) is 19.2 Å². The summed E-state index contributed by atoms with van der Waals surface area (Å²) in [6.07, 6.45) is 3.30. The Bertz CT molecular complexity index is 1760. The molecule has 52 heavy (non-hydrogen) atoms. The number of thiazole rings is 1. The van der Waals surface area contributed by atoms with E-state index in [1.807, 2.05) is 24.5 Å². The molecule has 0 spiro atoms. The van der Waals surface area contributed by atoms with Crippen LogP contribution in [0.15, 0.2) is 46.0 Å². The monoisotopic (exact) mass is 765 g/mol. The molecule has 9 N–H and O–H groups in total. The summed E-state index contributed by atoms with van der Waals surface area (Å²) in [5, 5.41) is 24.3. The van der Waals surface area contributed by atoms with Crippen molar-refractivity contribution >= 4 is 62.2 Å². The molecule has 0 radical (unpaired) electrons. The summed E-state index contributed by atoms with van der Waals surface area (Å²) in [5.41, 5.74) is 11.2. The van der Waals surface area contributed by atoms with E-state index in [9.17, 15) is 27.9 Å². The Morgan fingerprint density at radius 3 is 2.56 bits per heavy atom. The van der Waals surface area contributed by atoms with Crippen molar-refractivity contribution in [3.63, 3.8) is 0 Å². The van der Waals surface area contributed by atoms with Crippen LogP contribution in [0.1, 0.15) is 44.4 Å². The maximum Gasteiger partial charge on any atom is 0.418 e. The molecule has 0 saturated carbocycles. The van der Waals surface area contributed by atoms with E-state index in [0.29, 0.717) is 23.3 Å². The third kappa shape index (κ3) is 11.2. The summed E-state index contributed by atoms with van der Waals surface area (Å²) >= 11 is 0.975. The number of nitrogens with one attached hydrogen (secondary N) is 3.